The molecule has 0 fully saturated rings. The van der Waals surface area contributed by atoms with Gasteiger partial charge in [-0.1, -0.05) is 84.9 Å². The monoisotopic (exact) mass is 421 g/mol. The second-order valence-corrected chi connectivity index (χ2v) is 8.43. The van der Waals surface area contributed by atoms with Gasteiger partial charge in [0, 0.05) is 12.6 Å². The van der Waals surface area contributed by atoms with Crippen LogP contribution in [0.3, 0.4) is 0 Å². The normalized spacial score (nSPS) is 13.2. The van der Waals surface area contributed by atoms with Crippen LogP contribution in [0.1, 0.15) is 27.0 Å². The van der Waals surface area contributed by atoms with Gasteiger partial charge < -0.3 is 9.64 Å². The SMILES string of the molecule is COc1ccc2ccccc2c1C(=O)N(CCc1ccccc1)C1Cc2ccccc2C1. The first-order chi connectivity index (χ1) is 15.7. The van der Waals surface area contributed by atoms with E-state index in [1.54, 1.807) is 7.11 Å². The standard InChI is InChI=1S/C29H27NO2/c1-32-27-16-15-22-11-7-8-14-26(22)28(27)29(31)30(18-17-21-9-3-2-4-10-21)25-19-23-12-5-6-13-24(23)20-25/h2-16,25H,17-20H2,1H3. The minimum atomic E-state index is 0.0485. The van der Waals surface area contributed by atoms with Crippen molar-refractivity contribution in [1.29, 1.82) is 0 Å². The summed E-state index contributed by atoms with van der Waals surface area (Å²) >= 11 is 0. The predicted molar refractivity (Wildman–Crippen MR) is 129 cm³/mol. The van der Waals surface area contributed by atoms with E-state index in [9.17, 15) is 4.79 Å². The van der Waals surface area contributed by atoms with E-state index < -0.39 is 0 Å². The van der Waals surface area contributed by atoms with Crippen LogP contribution < -0.4 is 4.74 Å². The fourth-order valence-corrected chi connectivity index (χ4v) is 4.89. The molecule has 1 aliphatic rings. The van der Waals surface area contributed by atoms with Gasteiger partial charge in [0.15, 0.2) is 0 Å². The lowest BCUT2D eigenvalue weighted by atomic mass is 10.0. The van der Waals surface area contributed by atoms with Gasteiger partial charge in [0.05, 0.1) is 12.7 Å². The molecule has 32 heavy (non-hydrogen) atoms. The van der Waals surface area contributed by atoms with Crippen LogP contribution in [0.5, 0.6) is 5.75 Å². The third-order valence-corrected chi connectivity index (χ3v) is 6.54. The molecular formula is C29H27NO2. The zero-order chi connectivity index (χ0) is 21.9. The summed E-state index contributed by atoms with van der Waals surface area (Å²) in [5, 5.41) is 1.99. The molecule has 4 aromatic rings. The molecule has 5 rings (SSSR count). The van der Waals surface area contributed by atoms with Gasteiger partial charge in [0.1, 0.15) is 5.75 Å². The largest absolute Gasteiger partial charge is 0.496 e. The van der Waals surface area contributed by atoms with Crippen molar-refractivity contribution in [2.45, 2.75) is 25.3 Å². The van der Waals surface area contributed by atoms with Crippen LogP contribution in [0.15, 0.2) is 91.0 Å². The van der Waals surface area contributed by atoms with Crippen LogP contribution >= 0.6 is 0 Å². The third-order valence-electron chi connectivity index (χ3n) is 6.54. The lowest BCUT2D eigenvalue weighted by Gasteiger charge is -2.30. The van der Waals surface area contributed by atoms with E-state index in [1.165, 1.54) is 16.7 Å². The van der Waals surface area contributed by atoms with Crippen molar-refractivity contribution < 1.29 is 9.53 Å². The van der Waals surface area contributed by atoms with Crippen molar-refractivity contribution >= 4 is 16.7 Å². The molecule has 0 heterocycles. The Morgan fingerprint density at radius 3 is 2.22 bits per heavy atom. The van der Waals surface area contributed by atoms with Gasteiger partial charge in [-0.3, -0.25) is 4.79 Å². The number of benzene rings is 4. The average molecular weight is 422 g/mol. The van der Waals surface area contributed by atoms with Crippen LogP contribution in [-0.2, 0) is 19.3 Å². The summed E-state index contributed by atoms with van der Waals surface area (Å²) in [4.78, 5) is 16.2. The summed E-state index contributed by atoms with van der Waals surface area (Å²) in [5.41, 5.74) is 4.60. The summed E-state index contributed by atoms with van der Waals surface area (Å²) in [6, 6.07) is 31.1. The Kier molecular flexibility index (Phi) is 5.64. The van der Waals surface area contributed by atoms with Gasteiger partial charge in [-0.05, 0) is 52.8 Å². The first kappa shape index (κ1) is 20.3. The van der Waals surface area contributed by atoms with Crippen LogP contribution in [0.4, 0.5) is 0 Å². The van der Waals surface area contributed by atoms with Crippen LogP contribution in [-0.4, -0.2) is 30.5 Å². The van der Waals surface area contributed by atoms with Gasteiger partial charge in [-0.2, -0.15) is 0 Å². The van der Waals surface area contributed by atoms with Gasteiger partial charge in [-0.25, -0.2) is 0 Å². The van der Waals surface area contributed by atoms with Crippen molar-refractivity contribution in [3.05, 3.63) is 113 Å². The molecule has 1 aliphatic carbocycles. The van der Waals surface area contributed by atoms with Crippen molar-refractivity contribution in [2.75, 3.05) is 13.7 Å². The minimum Gasteiger partial charge on any atom is -0.496 e. The summed E-state index contributed by atoms with van der Waals surface area (Å²) in [7, 11) is 1.64. The van der Waals surface area contributed by atoms with Gasteiger partial charge in [-0.15, -0.1) is 0 Å². The summed E-state index contributed by atoms with van der Waals surface area (Å²) in [5.74, 6) is 0.682. The Hall–Kier alpha value is -3.59. The molecule has 0 unspecified atom stereocenters. The Labute approximate surface area is 189 Å². The third kappa shape index (κ3) is 3.87. The molecular weight excluding hydrogens is 394 g/mol. The molecule has 3 nitrogen and oxygen atoms in total. The number of carbonyl (C=O) groups is 1. The number of ether oxygens (including phenoxy) is 1. The number of rotatable bonds is 6. The summed E-state index contributed by atoms with van der Waals surface area (Å²) in [6.07, 6.45) is 2.61. The topological polar surface area (TPSA) is 29.5 Å². The molecule has 0 radical (unpaired) electrons. The highest BCUT2D eigenvalue weighted by Crippen LogP contribution is 2.32. The van der Waals surface area contributed by atoms with E-state index in [0.717, 1.165) is 30.0 Å². The predicted octanol–water partition coefficient (Wildman–Crippen LogP) is 5.70. The molecule has 0 aromatic heterocycles. The Bertz CT molecular complexity index is 1220. The van der Waals surface area contributed by atoms with Gasteiger partial charge >= 0.3 is 0 Å². The molecule has 0 N–H and O–H groups in total. The quantitative estimate of drug-likeness (QED) is 0.400. The molecule has 0 saturated heterocycles. The molecule has 4 aromatic carbocycles. The van der Waals surface area contributed by atoms with Gasteiger partial charge in [0.25, 0.3) is 5.91 Å². The fourth-order valence-electron chi connectivity index (χ4n) is 4.89. The maximum Gasteiger partial charge on any atom is 0.258 e. The smallest absolute Gasteiger partial charge is 0.258 e. The van der Waals surface area contributed by atoms with Crippen LogP contribution in [0.25, 0.3) is 10.8 Å². The van der Waals surface area contributed by atoms with E-state index in [2.05, 4.69) is 53.4 Å². The molecule has 0 spiro atoms. The van der Waals surface area contributed by atoms with E-state index in [1.807, 2.05) is 42.5 Å². The summed E-state index contributed by atoms with van der Waals surface area (Å²) < 4.78 is 5.66. The molecule has 0 bridgehead atoms. The van der Waals surface area contributed by atoms with Crippen LogP contribution in [0, 0.1) is 0 Å². The van der Waals surface area contributed by atoms with E-state index in [-0.39, 0.29) is 11.9 Å². The fraction of sp³-hybridized carbons (Fsp3) is 0.207. The first-order valence-corrected chi connectivity index (χ1v) is 11.2. The number of hydrogen-bond donors (Lipinski definition) is 0. The number of carbonyl (C=O) groups excluding carboxylic acids is 1. The zero-order valence-electron chi connectivity index (χ0n) is 18.3. The second kappa shape index (κ2) is 8.88. The lowest BCUT2D eigenvalue weighted by molar-refractivity contribution is 0.0686. The molecule has 0 atom stereocenters. The Morgan fingerprint density at radius 2 is 1.50 bits per heavy atom. The van der Waals surface area contributed by atoms with Gasteiger partial charge in [0.2, 0.25) is 0 Å². The average Bonchev–Trinajstić information content (AvgIpc) is 3.27. The lowest BCUT2D eigenvalue weighted by Crippen LogP contribution is -2.42. The number of amides is 1. The van der Waals surface area contributed by atoms with E-state index >= 15 is 0 Å². The number of hydrogen-bond acceptors (Lipinski definition) is 2. The van der Waals surface area contributed by atoms with E-state index in [4.69, 9.17) is 4.74 Å². The van der Waals surface area contributed by atoms with Crippen molar-refractivity contribution in [3.63, 3.8) is 0 Å². The molecule has 1 amide bonds. The van der Waals surface area contributed by atoms with Crippen molar-refractivity contribution in [3.8, 4) is 5.75 Å². The molecule has 0 aliphatic heterocycles. The Balaban J connectivity index is 1.53. The zero-order valence-corrected chi connectivity index (χ0v) is 18.3. The second-order valence-electron chi connectivity index (χ2n) is 8.43. The minimum absolute atomic E-state index is 0.0485. The highest BCUT2D eigenvalue weighted by atomic mass is 16.5. The molecule has 0 saturated carbocycles. The molecule has 160 valence electrons. The van der Waals surface area contributed by atoms with E-state index in [0.29, 0.717) is 17.9 Å². The van der Waals surface area contributed by atoms with Crippen LogP contribution in [0.2, 0.25) is 0 Å². The highest BCUT2D eigenvalue weighted by molar-refractivity contribution is 6.09. The molecule has 3 heteroatoms. The van der Waals surface area contributed by atoms with Crippen molar-refractivity contribution in [2.24, 2.45) is 0 Å². The number of fused-ring (bicyclic) bond motifs is 2. The maximum atomic E-state index is 14.1. The highest BCUT2D eigenvalue weighted by Gasteiger charge is 2.32. The number of nitrogens with zero attached hydrogens (tertiary/aromatic N) is 1. The maximum absolute atomic E-state index is 14.1. The number of methoxy groups -OCH3 is 1. The Morgan fingerprint density at radius 1 is 0.844 bits per heavy atom. The van der Waals surface area contributed by atoms with Crippen molar-refractivity contribution in [1.82, 2.24) is 4.90 Å². The summed E-state index contributed by atoms with van der Waals surface area (Å²) in [6.45, 7) is 0.674. The first-order valence-electron chi connectivity index (χ1n) is 11.2.